The zero-order valence-electron chi connectivity index (χ0n) is 14.5. The molecule has 0 aliphatic heterocycles. The molecule has 0 aliphatic rings. The van der Waals surface area contributed by atoms with Gasteiger partial charge in [-0.1, -0.05) is 46.8 Å². The minimum atomic E-state index is 0.750. The van der Waals surface area contributed by atoms with Gasteiger partial charge in [0.1, 0.15) is 0 Å². The summed E-state index contributed by atoms with van der Waals surface area (Å²) in [6.45, 7) is 10.7. The van der Waals surface area contributed by atoms with E-state index in [1.54, 1.807) is 24.8 Å². The highest BCUT2D eigenvalue weighted by atomic mass is 14.6. The Morgan fingerprint density at radius 1 is 0.619 bits per heavy atom. The van der Waals surface area contributed by atoms with Crippen LogP contribution in [0.25, 0.3) is 0 Å². The van der Waals surface area contributed by atoms with Crippen LogP contribution in [-0.2, 0) is 0 Å². The van der Waals surface area contributed by atoms with Crippen LogP contribution in [0.2, 0.25) is 0 Å². The molecule has 0 saturated heterocycles. The van der Waals surface area contributed by atoms with Gasteiger partial charge >= 0.3 is 0 Å². The van der Waals surface area contributed by atoms with Crippen molar-refractivity contribution < 1.29 is 0 Å². The van der Waals surface area contributed by atoms with Crippen LogP contribution in [0, 0.1) is 0 Å². The van der Waals surface area contributed by atoms with Crippen molar-refractivity contribution >= 4 is 0 Å². The summed E-state index contributed by atoms with van der Waals surface area (Å²) < 4.78 is 0. The maximum atomic E-state index is 4.85. The van der Waals surface area contributed by atoms with Crippen LogP contribution in [0.5, 0.6) is 0 Å². The molecule has 0 atom stereocenters. The molecule has 0 spiro atoms. The quantitative estimate of drug-likeness (QED) is 0.775. The van der Waals surface area contributed by atoms with Crippen LogP contribution < -0.4 is 11.5 Å². The van der Waals surface area contributed by atoms with Gasteiger partial charge in [0, 0.05) is 24.8 Å². The fourth-order valence-electron chi connectivity index (χ4n) is 0.625. The lowest BCUT2D eigenvalue weighted by molar-refractivity contribution is 1.14. The van der Waals surface area contributed by atoms with Crippen LogP contribution in [0.3, 0.4) is 0 Å². The third kappa shape index (κ3) is 45.9. The Labute approximate surface area is 131 Å². The molecule has 2 aromatic heterocycles. The smallest absolute Gasteiger partial charge is 0.0267 e. The molecular weight excluding hydrogens is 260 g/mol. The molecule has 0 aliphatic carbocycles. The van der Waals surface area contributed by atoms with Gasteiger partial charge in [-0.2, -0.15) is 0 Å². The van der Waals surface area contributed by atoms with Gasteiger partial charge in [0.2, 0.25) is 0 Å². The lowest BCUT2D eigenvalue weighted by Crippen LogP contribution is -1.87. The van der Waals surface area contributed by atoms with Crippen LogP contribution in [0.4, 0.5) is 0 Å². The van der Waals surface area contributed by atoms with E-state index in [1.807, 2.05) is 71.0 Å². The van der Waals surface area contributed by atoms with Gasteiger partial charge in [0.05, 0.1) is 0 Å². The second-order valence-corrected chi connectivity index (χ2v) is 2.46. The Balaban J connectivity index is -0.0000000909. The number of hydrogen-bond donors (Lipinski definition) is 2. The Morgan fingerprint density at radius 3 is 0.857 bits per heavy atom. The molecule has 4 nitrogen and oxygen atoms in total. The van der Waals surface area contributed by atoms with E-state index in [2.05, 4.69) is 15.7 Å². The second kappa shape index (κ2) is 42.9. The summed E-state index contributed by atoms with van der Waals surface area (Å²) in [6.07, 6.45) is 7.00. The van der Waals surface area contributed by atoms with E-state index in [0.717, 1.165) is 6.54 Å². The fraction of sp³-hybridized carbons (Fsp3) is 0.412. The van der Waals surface area contributed by atoms with Crippen molar-refractivity contribution in [1.82, 2.24) is 9.97 Å². The number of aromatic nitrogens is 2. The first-order valence-corrected chi connectivity index (χ1v) is 7.39. The van der Waals surface area contributed by atoms with E-state index < -0.39 is 0 Å². The zero-order valence-corrected chi connectivity index (χ0v) is 14.5. The predicted molar refractivity (Wildman–Crippen MR) is 96.0 cm³/mol. The summed E-state index contributed by atoms with van der Waals surface area (Å²) in [4.78, 5) is 7.57. The number of hydrogen-bond acceptors (Lipinski definition) is 4. The van der Waals surface area contributed by atoms with E-state index in [-0.39, 0.29) is 0 Å². The summed E-state index contributed by atoms with van der Waals surface area (Å²) in [6, 6.07) is 11.4. The molecule has 0 fully saturated rings. The maximum Gasteiger partial charge on any atom is 0.0267 e. The Morgan fingerprint density at radius 2 is 0.810 bits per heavy atom. The predicted octanol–water partition coefficient (Wildman–Crippen LogP) is 3.76. The highest BCUT2D eigenvalue weighted by molar-refractivity contribution is 4.88. The third-order valence-electron chi connectivity index (χ3n) is 1.13. The SMILES string of the molecule is CC.CC.CCN.CN.c1ccncc1.c1ccncc1. The van der Waals surface area contributed by atoms with Gasteiger partial charge in [-0.15, -0.1) is 0 Å². The molecule has 4 N–H and O–H groups in total. The average molecular weight is 294 g/mol. The van der Waals surface area contributed by atoms with Gasteiger partial charge in [-0.3, -0.25) is 9.97 Å². The Kier molecular flexibility index (Phi) is 56.3. The largest absolute Gasteiger partial charge is 0.333 e. The van der Waals surface area contributed by atoms with Crippen molar-refractivity contribution in [3.8, 4) is 0 Å². The first kappa shape index (κ1) is 27.5. The zero-order chi connectivity index (χ0) is 17.2. The van der Waals surface area contributed by atoms with E-state index in [9.17, 15) is 0 Å². The monoisotopic (exact) mass is 294 g/mol. The first-order chi connectivity index (χ1) is 10.4. The summed E-state index contributed by atoms with van der Waals surface area (Å²) >= 11 is 0. The molecular formula is C17H34N4. The third-order valence-corrected chi connectivity index (χ3v) is 1.13. The summed E-state index contributed by atoms with van der Waals surface area (Å²) in [5.41, 5.74) is 9.35. The topological polar surface area (TPSA) is 77.8 Å². The highest BCUT2D eigenvalue weighted by Crippen LogP contribution is 1.74. The number of pyridine rings is 2. The number of rotatable bonds is 0. The Bertz CT molecular complexity index is 203. The molecule has 0 aromatic carbocycles. The summed E-state index contributed by atoms with van der Waals surface area (Å²) in [5.74, 6) is 0. The van der Waals surface area contributed by atoms with Gasteiger partial charge in [-0.05, 0) is 37.9 Å². The standard InChI is InChI=1S/2C5H5N.C2H7N.2C2H6.CH5N/c2*1-2-4-6-5-3-1;1-2-3;3*1-2/h2*1-5H;2-3H2,1H3;2*1-2H3;2H2,1H3. The lowest BCUT2D eigenvalue weighted by Gasteiger charge is -1.70. The molecule has 0 saturated carbocycles. The van der Waals surface area contributed by atoms with E-state index in [0.29, 0.717) is 0 Å². The second-order valence-electron chi connectivity index (χ2n) is 2.46. The van der Waals surface area contributed by atoms with E-state index in [4.69, 9.17) is 5.73 Å². The molecule has 0 unspecified atom stereocenters. The fourth-order valence-corrected chi connectivity index (χ4v) is 0.625. The minimum absolute atomic E-state index is 0.750. The maximum absolute atomic E-state index is 4.85. The van der Waals surface area contributed by atoms with Crippen LogP contribution in [-0.4, -0.2) is 23.6 Å². The van der Waals surface area contributed by atoms with Crippen molar-refractivity contribution in [2.75, 3.05) is 13.6 Å². The van der Waals surface area contributed by atoms with Gasteiger partial charge < -0.3 is 11.5 Å². The van der Waals surface area contributed by atoms with E-state index in [1.165, 1.54) is 7.05 Å². The Hall–Kier alpha value is -1.78. The highest BCUT2D eigenvalue weighted by Gasteiger charge is 1.59. The van der Waals surface area contributed by atoms with Gasteiger partial charge in [0.25, 0.3) is 0 Å². The molecule has 2 aromatic rings. The van der Waals surface area contributed by atoms with Crippen LogP contribution >= 0.6 is 0 Å². The molecule has 2 heterocycles. The van der Waals surface area contributed by atoms with Crippen molar-refractivity contribution in [3.05, 3.63) is 61.2 Å². The van der Waals surface area contributed by atoms with Crippen molar-refractivity contribution in [1.29, 1.82) is 0 Å². The van der Waals surface area contributed by atoms with Crippen LogP contribution in [0.15, 0.2) is 61.2 Å². The summed E-state index contributed by atoms with van der Waals surface area (Å²) in [7, 11) is 1.50. The molecule has 4 heteroatoms. The number of nitrogens with two attached hydrogens (primary N) is 2. The molecule has 2 rings (SSSR count). The molecule has 0 radical (unpaired) electrons. The molecule has 0 amide bonds. The lowest BCUT2D eigenvalue weighted by atomic mass is 10.5. The average Bonchev–Trinajstić information content (AvgIpc) is 2.64. The van der Waals surface area contributed by atoms with Crippen molar-refractivity contribution in [3.63, 3.8) is 0 Å². The summed E-state index contributed by atoms with van der Waals surface area (Å²) in [5, 5.41) is 0. The van der Waals surface area contributed by atoms with Crippen LogP contribution in [0.1, 0.15) is 34.6 Å². The molecule has 122 valence electrons. The van der Waals surface area contributed by atoms with Crippen molar-refractivity contribution in [2.24, 2.45) is 11.5 Å². The normalized spacial score (nSPS) is 6.29. The first-order valence-electron chi connectivity index (χ1n) is 7.39. The molecule has 21 heavy (non-hydrogen) atoms. The van der Waals surface area contributed by atoms with E-state index >= 15 is 0 Å². The molecule has 0 bridgehead atoms. The number of nitrogens with zero attached hydrogens (tertiary/aromatic N) is 2. The van der Waals surface area contributed by atoms with Crippen molar-refractivity contribution in [2.45, 2.75) is 34.6 Å². The minimum Gasteiger partial charge on any atom is -0.333 e. The van der Waals surface area contributed by atoms with Gasteiger partial charge in [-0.25, -0.2) is 0 Å². The van der Waals surface area contributed by atoms with Gasteiger partial charge in [0.15, 0.2) is 0 Å².